The van der Waals surface area contributed by atoms with E-state index in [0.717, 1.165) is 57.9 Å². The van der Waals surface area contributed by atoms with Crippen molar-refractivity contribution < 1.29 is 28.8 Å². The Labute approximate surface area is 265 Å². The van der Waals surface area contributed by atoms with Crippen molar-refractivity contribution in [1.82, 2.24) is 0 Å². The van der Waals surface area contributed by atoms with Crippen LogP contribution in [0.3, 0.4) is 0 Å². The quantitative estimate of drug-likeness (QED) is 0.307. The van der Waals surface area contributed by atoms with Gasteiger partial charge in [-0.2, -0.15) is 0 Å². The van der Waals surface area contributed by atoms with E-state index in [-0.39, 0.29) is 5.60 Å². The first-order valence-corrected chi connectivity index (χ1v) is 16.0. The van der Waals surface area contributed by atoms with Gasteiger partial charge in [-0.1, -0.05) is 48.5 Å². The summed E-state index contributed by atoms with van der Waals surface area (Å²) in [6.07, 6.45) is 7.53. The first kappa shape index (κ1) is 35.6. The van der Waals surface area contributed by atoms with Gasteiger partial charge in [0.2, 0.25) is 0 Å². The van der Waals surface area contributed by atoms with Crippen LogP contribution in [0.1, 0.15) is 87.0 Å². The molecular weight excluding hydrogens is 552 g/mol. The Morgan fingerprint density at radius 3 is 2.00 bits per heavy atom. The fourth-order valence-corrected chi connectivity index (χ4v) is 5.97. The maximum atomic E-state index is 7.00. The molecule has 44 heavy (non-hydrogen) atoms. The fraction of sp³-hybridized carbons (Fsp3) is 0.526. The van der Waals surface area contributed by atoms with Crippen LogP contribution in [0, 0.1) is 0 Å². The first-order valence-electron chi connectivity index (χ1n) is 16.0. The van der Waals surface area contributed by atoms with Gasteiger partial charge in [-0.15, -0.1) is 0 Å². The zero-order valence-electron chi connectivity index (χ0n) is 27.7. The standard InChI is InChI=1S/C27H30O2.C6H12O2.C4H8O.CH4O/c1-27(2,3)29-23-15-17-25-21(18-23)12-16-24(19-8-6-5-7-9-19)26(25)20-10-13-22(28-4)14-11-20;1-7-5-6-3-2-4-8-6;1-2-4-5-3-1;1-2/h5-11,13-15,17-18,24,26H,12,16H2,1-4H3;6H,2-5H2,1H3;1-4H2;2H,1H3/t24?,26-;6-;;/m01../s1. The number of aliphatic hydroxyl groups excluding tert-OH is 1. The lowest BCUT2D eigenvalue weighted by molar-refractivity contribution is 0.0380. The van der Waals surface area contributed by atoms with E-state index in [4.69, 9.17) is 28.8 Å². The SMILES string of the molecule is C1CCOC1.CO.COC[C@H]1CCCO1.COc1ccc([C@@H]2c3ccc(OC(C)(C)C)cc3CCC2c2ccccc2)cc1. The van der Waals surface area contributed by atoms with E-state index in [1.165, 1.54) is 47.9 Å². The third kappa shape index (κ3) is 11.2. The van der Waals surface area contributed by atoms with Crippen molar-refractivity contribution in [2.24, 2.45) is 0 Å². The zero-order chi connectivity index (χ0) is 31.8. The van der Waals surface area contributed by atoms with Crippen LogP contribution in [0.25, 0.3) is 0 Å². The third-order valence-corrected chi connectivity index (χ3v) is 7.91. The number of aryl methyl sites for hydroxylation is 1. The summed E-state index contributed by atoms with van der Waals surface area (Å²) in [5.74, 6) is 2.65. The maximum Gasteiger partial charge on any atom is 0.120 e. The highest BCUT2D eigenvalue weighted by molar-refractivity contribution is 5.48. The van der Waals surface area contributed by atoms with Crippen molar-refractivity contribution in [2.75, 3.05) is 47.8 Å². The molecule has 3 aliphatic rings. The van der Waals surface area contributed by atoms with Crippen molar-refractivity contribution in [3.8, 4) is 11.5 Å². The highest BCUT2D eigenvalue weighted by Crippen LogP contribution is 2.47. The van der Waals surface area contributed by atoms with Crippen LogP contribution < -0.4 is 9.47 Å². The molecule has 0 aromatic heterocycles. The van der Waals surface area contributed by atoms with Crippen LogP contribution in [-0.4, -0.2) is 64.6 Å². The van der Waals surface area contributed by atoms with Crippen LogP contribution >= 0.6 is 0 Å². The second kappa shape index (κ2) is 18.8. The van der Waals surface area contributed by atoms with Gasteiger partial charge in [0.1, 0.15) is 17.1 Å². The normalized spacial score (nSPS) is 20.5. The molecule has 6 nitrogen and oxygen atoms in total. The third-order valence-electron chi connectivity index (χ3n) is 7.91. The lowest BCUT2D eigenvalue weighted by Crippen LogP contribution is -2.24. The predicted octanol–water partition coefficient (Wildman–Crippen LogP) is 7.95. The average molecular weight is 607 g/mol. The molecule has 0 amide bonds. The summed E-state index contributed by atoms with van der Waals surface area (Å²) in [7, 11) is 4.43. The van der Waals surface area contributed by atoms with Gasteiger partial charge in [-0.3, -0.25) is 0 Å². The summed E-state index contributed by atoms with van der Waals surface area (Å²) in [6.45, 7) is 9.97. The molecule has 1 aliphatic carbocycles. The molecule has 2 saturated heterocycles. The lowest BCUT2D eigenvalue weighted by atomic mass is 9.69. The smallest absolute Gasteiger partial charge is 0.120 e. The van der Waals surface area contributed by atoms with E-state index in [1.54, 1.807) is 14.2 Å². The van der Waals surface area contributed by atoms with E-state index in [9.17, 15) is 0 Å². The maximum absolute atomic E-state index is 7.00. The number of benzene rings is 3. The Morgan fingerprint density at radius 1 is 0.773 bits per heavy atom. The zero-order valence-corrected chi connectivity index (χ0v) is 27.7. The Morgan fingerprint density at radius 2 is 1.45 bits per heavy atom. The molecule has 3 aromatic carbocycles. The molecule has 242 valence electrons. The summed E-state index contributed by atoms with van der Waals surface area (Å²) in [6, 6.07) is 26.2. The molecule has 3 aromatic rings. The van der Waals surface area contributed by atoms with Crippen molar-refractivity contribution in [3.63, 3.8) is 0 Å². The molecule has 0 spiro atoms. The number of aliphatic hydroxyl groups is 1. The molecule has 0 bridgehead atoms. The van der Waals surface area contributed by atoms with E-state index in [2.05, 4.69) is 93.6 Å². The van der Waals surface area contributed by atoms with Gasteiger partial charge >= 0.3 is 0 Å². The minimum Gasteiger partial charge on any atom is -0.497 e. The number of hydrogen-bond donors (Lipinski definition) is 1. The molecule has 6 rings (SSSR count). The largest absolute Gasteiger partial charge is 0.497 e. The van der Waals surface area contributed by atoms with Gasteiger partial charge in [0, 0.05) is 40.0 Å². The predicted molar refractivity (Wildman–Crippen MR) is 178 cm³/mol. The second-order valence-corrected chi connectivity index (χ2v) is 12.3. The van der Waals surface area contributed by atoms with Gasteiger partial charge in [-0.25, -0.2) is 0 Å². The minimum absolute atomic E-state index is 0.190. The van der Waals surface area contributed by atoms with E-state index in [0.29, 0.717) is 17.9 Å². The molecule has 2 aliphatic heterocycles. The summed E-state index contributed by atoms with van der Waals surface area (Å²) in [4.78, 5) is 0. The minimum atomic E-state index is -0.190. The summed E-state index contributed by atoms with van der Waals surface area (Å²) in [5, 5.41) is 7.00. The van der Waals surface area contributed by atoms with Gasteiger partial charge in [-0.05, 0) is 112 Å². The molecular formula is C38H54O6. The van der Waals surface area contributed by atoms with Crippen LogP contribution in [0.15, 0.2) is 72.8 Å². The number of ether oxygens (including phenoxy) is 5. The van der Waals surface area contributed by atoms with Gasteiger partial charge in [0.25, 0.3) is 0 Å². The molecule has 2 heterocycles. The molecule has 6 heteroatoms. The number of methoxy groups -OCH3 is 2. The number of rotatable bonds is 6. The van der Waals surface area contributed by atoms with Crippen LogP contribution in [0.2, 0.25) is 0 Å². The molecule has 1 unspecified atom stereocenters. The van der Waals surface area contributed by atoms with E-state index >= 15 is 0 Å². The van der Waals surface area contributed by atoms with E-state index in [1.807, 2.05) is 0 Å². The highest BCUT2D eigenvalue weighted by atomic mass is 16.5. The van der Waals surface area contributed by atoms with Crippen LogP contribution in [0.5, 0.6) is 11.5 Å². The molecule has 1 N–H and O–H groups in total. The van der Waals surface area contributed by atoms with Crippen molar-refractivity contribution in [3.05, 3.63) is 95.1 Å². The summed E-state index contributed by atoms with van der Waals surface area (Å²) in [5.41, 5.74) is 5.38. The monoisotopic (exact) mass is 606 g/mol. The van der Waals surface area contributed by atoms with E-state index < -0.39 is 0 Å². The van der Waals surface area contributed by atoms with Gasteiger partial charge < -0.3 is 28.8 Å². The first-order chi connectivity index (χ1) is 21.4. The second-order valence-electron chi connectivity index (χ2n) is 12.3. The molecule has 2 fully saturated rings. The average Bonchev–Trinajstić information content (AvgIpc) is 3.80. The molecule has 0 saturated carbocycles. The van der Waals surface area contributed by atoms with Gasteiger partial charge in [0.15, 0.2) is 0 Å². The summed E-state index contributed by atoms with van der Waals surface area (Å²) >= 11 is 0. The number of fused-ring (bicyclic) bond motifs is 1. The summed E-state index contributed by atoms with van der Waals surface area (Å²) < 4.78 is 26.6. The van der Waals surface area contributed by atoms with Gasteiger partial charge in [0.05, 0.1) is 19.8 Å². The van der Waals surface area contributed by atoms with Crippen molar-refractivity contribution in [1.29, 1.82) is 0 Å². The Kier molecular flexibility index (Phi) is 15.2. The Hall–Kier alpha value is -2.90. The molecule has 3 atom stereocenters. The van der Waals surface area contributed by atoms with Crippen LogP contribution in [0.4, 0.5) is 0 Å². The topological polar surface area (TPSA) is 66.4 Å². The lowest BCUT2D eigenvalue weighted by Gasteiger charge is -2.35. The molecule has 0 radical (unpaired) electrons. The van der Waals surface area contributed by atoms with Crippen molar-refractivity contribution in [2.45, 2.75) is 82.8 Å². The fourth-order valence-electron chi connectivity index (χ4n) is 5.97. The Bertz CT molecular complexity index is 1170. The highest BCUT2D eigenvalue weighted by Gasteiger charge is 2.32. The number of hydrogen-bond acceptors (Lipinski definition) is 6. The van der Waals surface area contributed by atoms with Crippen LogP contribution in [-0.2, 0) is 20.6 Å². The Balaban J connectivity index is 0.000000288. The van der Waals surface area contributed by atoms with Crippen molar-refractivity contribution >= 4 is 0 Å².